The Balaban J connectivity index is 2.04. The highest BCUT2D eigenvalue weighted by atomic mass is 15.3. The molecule has 100 valence electrons. The summed E-state index contributed by atoms with van der Waals surface area (Å²) in [4.78, 5) is 6.92. The molecule has 2 rings (SSSR count). The van der Waals surface area contributed by atoms with Gasteiger partial charge < -0.3 is 10.2 Å². The van der Waals surface area contributed by atoms with Crippen LogP contribution in [0.1, 0.15) is 38.1 Å². The van der Waals surface area contributed by atoms with E-state index < -0.39 is 0 Å². The molecule has 0 aliphatic carbocycles. The maximum atomic E-state index is 4.58. The molecule has 1 aromatic rings. The molecule has 1 N–H and O–H groups in total. The fourth-order valence-corrected chi connectivity index (χ4v) is 2.47. The van der Waals surface area contributed by atoms with Crippen molar-refractivity contribution in [2.45, 2.75) is 45.6 Å². The Bertz CT molecular complexity index is 393. The normalized spacial score (nSPS) is 20.9. The van der Waals surface area contributed by atoms with Gasteiger partial charge in [-0.1, -0.05) is 13.8 Å². The van der Waals surface area contributed by atoms with Gasteiger partial charge in [0.15, 0.2) is 0 Å². The van der Waals surface area contributed by atoms with Gasteiger partial charge in [0.1, 0.15) is 0 Å². The molecule has 0 saturated carbocycles. The molecule has 0 radical (unpaired) electrons. The van der Waals surface area contributed by atoms with Gasteiger partial charge in [-0.25, -0.2) is 4.98 Å². The fourth-order valence-electron chi connectivity index (χ4n) is 2.47. The minimum absolute atomic E-state index is 0.447. The lowest BCUT2D eigenvalue weighted by Gasteiger charge is -2.30. The summed E-state index contributed by atoms with van der Waals surface area (Å²) in [7, 11) is 2.16. The smallest absolute Gasteiger partial charge is 0.243 e. The molecule has 1 saturated heterocycles. The van der Waals surface area contributed by atoms with Gasteiger partial charge in [0.2, 0.25) is 5.95 Å². The molecule has 18 heavy (non-hydrogen) atoms. The lowest BCUT2D eigenvalue weighted by Crippen LogP contribution is -2.40. The van der Waals surface area contributed by atoms with E-state index in [1.54, 1.807) is 0 Å². The van der Waals surface area contributed by atoms with Crippen LogP contribution < -0.4 is 5.32 Å². The van der Waals surface area contributed by atoms with Crippen molar-refractivity contribution >= 4 is 5.95 Å². The Morgan fingerprint density at radius 1 is 1.22 bits per heavy atom. The zero-order valence-corrected chi connectivity index (χ0v) is 11.6. The lowest BCUT2D eigenvalue weighted by molar-refractivity contribution is 0.260. The second-order valence-electron chi connectivity index (χ2n) is 4.98. The highest BCUT2D eigenvalue weighted by Crippen LogP contribution is 2.13. The molecule has 5 nitrogen and oxygen atoms in total. The monoisotopic (exact) mass is 249 g/mol. The average molecular weight is 249 g/mol. The highest BCUT2D eigenvalue weighted by molar-refractivity contribution is 5.27. The topological polar surface area (TPSA) is 53.9 Å². The summed E-state index contributed by atoms with van der Waals surface area (Å²) in [6.45, 7) is 6.45. The number of likely N-dealkylation sites (N-methyl/N-ethyl adjacent to an activating group) is 1. The summed E-state index contributed by atoms with van der Waals surface area (Å²) in [5, 5.41) is 11.9. The first-order chi connectivity index (χ1) is 8.72. The quantitative estimate of drug-likeness (QED) is 0.876. The largest absolute Gasteiger partial charge is 0.349 e. The molecular weight excluding hydrogens is 226 g/mol. The van der Waals surface area contributed by atoms with Crippen LogP contribution in [-0.4, -0.2) is 46.3 Å². The molecule has 1 unspecified atom stereocenters. The number of nitrogens with one attached hydrogen (secondary N) is 1. The molecule has 0 amide bonds. The Labute approximate surface area is 109 Å². The summed E-state index contributed by atoms with van der Waals surface area (Å²) >= 11 is 0. The van der Waals surface area contributed by atoms with Gasteiger partial charge in [-0.15, -0.1) is 5.10 Å². The summed E-state index contributed by atoms with van der Waals surface area (Å²) in [5.74, 6) is 0.685. The van der Waals surface area contributed by atoms with E-state index in [-0.39, 0.29) is 0 Å². The fraction of sp³-hybridized carbons (Fsp3) is 0.769. The third kappa shape index (κ3) is 3.16. The number of aromatic nitrogens is 3. The van der Waals surface area contributed by atoms with Gasteiger partial charge in [0, 0.05) is 12.6 Å². The first-order valence-electron chi connectivity index (χ1n) is 6.90. The van der Waals surface area contributed by atoms with Gasteiger partial charge in [-0.2, -0.15) is 5.10 Å². The van der Waals surface area contributed by atoms with Crippen molar-refractivity contribution in [3.63, 3.8) is 0 Å². The zero-order valence-electron chi connectivity index (χ0n) is 11.6. The second kappa shape index (κ2) is 6.09. The molecule has 0 spiro atoms. The zero-order chi connectivity index (χ0) is 13.0. The molecule has 2 heterocycles. The molecule has 1 aliphatic heterocycles. The van der Waals surface area contributed by atoms with Crippen LogP contribution in [0.25, 0.3) is 0 Å². The van der Waals surface area contributed by atoms with Gasteiger partial charge in [-0.3, -0.25) is 0 Å². The van der Waals surface area contributed by atoms with Crippen LogP contribution in [0.2, 0.25) is 0 Å². The number of likely N-dealkylation sites (tertiary alicyclic amines) is 1. The van der Waals surface area contributed by atoms with E-state index in [0.717, 1.165) is 30.8 Å². The number of nitrogens with zero attached hydrogens (tertiary/aromatic N) is 4. The van der Waals surface area contributed by atoms with Crippen molar-refractivity contribution in [2.24, 2.45) is 0 Å². The van der Waals surface area contributed by atoms with E-state index in [4.69, 9.17) is 0 Å². The van der Waals surface area contributed by atoms with Crippen LogP contribution in [-0.2, 0) is 12.8 Å². The van der Waals surface area contributed by atoms with Crippen LogP contribution in [0.5, 0.6) is 0 Å². The van der Waals surface area contributed by atoms with Crippen molar-refractivity contribution in [2.75, 3.05) is 25.5 Å². The Kier molecular flexibility index (Phi) is 4.47. The number of aryl methyl sites for hydroxylation is 2. The first-order valence-corrected chi connectivity index (χ1v) is 6.90. The average Bonchev–Trinajstić information content (AvgIpc) is 2.38. The van der Waals surface area contributed by atoms with Crippen LogP contribution in [0.3, 0.4) is 0 Å². The molecular formula is C13H23N5. The van der Waals surface area contributed by atoms with E-state index in [9.17, 15) is 0 Å². The van der Waals surface area contributed by atoms with Crippen LogP contribution in [0.4, 0.5) is 5.95 Å². The van der Waals surface area contributed by atoms with E-state index in [1.165, 1.54) is 19.4 Å². The summed E-state index contributed by atoms with van der Waals surface area (Å²) < 4.78 is 0. The predicted octanol–water partition coefficient (Wildman–Crippen LogP) is 1.50. The summed E-state index contributed by atoms with van der Waals surface area (Å²) in [5.41, 5.74) is 2.09. The predicted molar refractivity (Wildman–Crippen MR) is 72.7 cm³/mol. The Hall–Kier alpha value is -1.23. The van der Waals surface area contributed by atoms with Gasteiger partial charge in [-0.05, 0) is 39.3 Å². The number of hydrogen-bond acceptors (Lipinski definition) is 5. The summed E-state index contributed by atoms with van der Waals surface area (Å²) in [6, 6.07) is 0.447. The standard InChI is InChI=1S/C13H23N5/c1-4-11-12(5-2)16-17-13(15-11)14-10-7-6-8-18(3)9-10/h10H,4-9H2,1-3H3,(H,14,15,17). The van der Waals surface area contributed by atoms with Crippen LogP contribution in [0, 0.1) is 0 Å². The van der Waals surface area contributed by atoms with E-state index in [1.807, 2.05) is 0 Å². The minimum atomic E-state index is 0.447. The molecule has 5 heteroatoms. The van der Waals surface area contributed by atoms with Gasteiger partial charge >= 0.3 is 0 Å². The van der Waals surface area contributed by atoms with Crippen LogP contribution in [0.15, 0.2) is 0 Å². The molecule has 1 aromatic heterocycles. The maximum absolute atomic E-state index is 4.58. The maximum Gasteiger partial charge on any atom is 0.243 e. The molecule has 0 aromatic carbocycles. The molecule has 1 aliphatic rings. The van der Waals surface area contributed by atoms with Crippen molar-refractivity contribution < 1.29 is 0 Å². The number of hydrogen-bond donors (Lipinski definition) is 1. The van der Waals surface area contributed by atoms with Crippen molar-refractivity contribution in [3.05, 3.63) is 11.4 Å². The second-order valence-corrected chi connectivity index (χ2v) is 4.98. The Morgan fingerprint density at radius 3 is 2.67 bits per heavy atom. The van der Waals surface area contributed by atoms with Gasteiger partial charge in [0.25, 0.3) is 0 Å². The third-order valence-corrected chi connectivity index (χ3v) is 3.47. The number of anilines is 1. The molecule has 0 bridgehead atoms. The Morgan fingerprint density at radius 2 is 2.00 bits per heavy atom. The summed E-state index contributed by atoms with van der Waals surface area (Å²) in [6.07, 6.45) is 4.23. The third-order valence-electron chi connectivity index (χ3n) is 3.47. The van der Waals surface area contributed by atoms with Crippen LogP contribution >= 0.6 is 0 Å². The van der Waals surface area contributed by atoms with E-state index >= 15 is 0 Å². The van der Waals surface area contributed by atoms with Gasteiger partial charge in [0.05, 0.1) is 11.4 Å². The molecule has 1 atom stereocenters. The van der Waals surface area contributed by atoms with Crippen molar-refractivity contribution in [1.82, 2.24) is 20.1 Å². The molecule has 1 fully saturated rings. The number of piperidine rings is 1. The number of rotatable bonds is 4. The van der Waals surface area contributed by atoms with Crippen molar-refractivity contribution in [1.29, 1.82) is 0 Å². The van der Waals surface area contributed by atoms with E-state index in [0.29, 0.717) is 12.0 Å². The van der Waals surface area contributed by atoms with E-state index in [2.05, 4.69) is 46.3 Å². The van der Waals surface area contributed by atoms with Crippen molar-refractivity contribution in [3.8, 4) is 0 Å². The minimum Gasteiger partial charge on any atom is -0.349 e. The highest BCUT2D eigenvalue weighted by Gasteiger charge is 2.18. The first kappa shape index (κ1) is 13.2. The lowest BCUT2D eigenvalue weighted by atomic mass is 10.1. The SMILES string of the molecule is CCc1nnc(NC2CCCN(C)C2)nc1CC.